The maximum absolute atomic E-state index is 15.4. The van der Waals surface area contributed by atoms with Gasteiger partial charge >= 0.3 is 11.7 Å². The SMILES string of the molecule is CCc1cc(Nc2cc(=O)n(CCCCN3CCN(c4cc5c(cc4F)c(=O)c(C(=O)O)cn5C4CC4)C[C@@H]3C)c(=O)[nH]2)ccc1C. The zero-order valence-corrected chi connectivity index (χ0v) is 27.0. The van der Waals surface area contributed by atoms with Crippen LogP contribution in [0.3, 0.4) is 0 Å². The largest absolute Gasteiger partial charge is 0.477 e. The van der Waals surface area contributed by atoms with Gasteiger partial charge in [-0.15, -0.1) is 0 Å². The topological polar surface area (TPSA) is 133 Å². The molecule has 0 amide bonds. The Morgan fingerprint density at radius 2 is 1.83 bits per heavy atom. The predicted octanol–water partition coefficient (Wildman–Crippen LogP) is 4.63. The molecule has 0 unspecified atom stereocenters. The van der Waals surface area contributed by atoms with Gasteiger partial charge in [-0.1, -0.05) is 13.0 Å². The van der Waals surface area contributed by atoms with Crippen molar-refractivity contribution in [3.05, 3.63) is 96.2 Å². The van der Waals surface area contributed by atoms with Gasteiger partial charge in [-0.25, -0.2) is 14.0 Å². The number of hydrogen-bond donors (Lipinski definition) is 3. The van der Waals surface area contributed by atoms with Gasteiger partial charge in [-0.2, -0.15) is 0 Å². The molecule has 0 radical (unpaired) electrons. The Labute approximate surface area is 271 Å². The first kappa shape index (κ1) is 32.2. The highest BCUT2D eigenvalue weighted by atomic mass is 19.1. The number of rotatable bonds is 11. The summed E-state index contributed by atoms with van der Waals surface area (Å²) in [4.78, 5) is 57.1. The number of fused-ring (bicyclic) bond motifs is 1. The van der Waals surface area contributed by atoms with Gasteiger partial charge in [0.05, 0.1) is 11.2 Å². The van der Waals surface area contributed by atoms with Crippen molar-refractivity contribution in [1.29, 1.82) is 0 Å². The smallest absolute Gasteiger partial charge is 0.341 e. The molecule has 3 N–H and O–H groups in total. The van der Waals surface area contributed by atoms with E-state index < -0.39 is 22.9 Å². The van der Waals surface area contributed by atoms with Gasteiger partial charge in [-0.05, 0) is 87.9 Å². The number of hydrogen-bond acceptors (Lipinski definition) is 7. The molecule has 0 spiro atoms. The average molecular weight is 645 g/mol. The highest BCUT2D eigenvalue weighted by Gasteiger charge is 2.29. The average Bonchev–Trinajstić information content (AvgIpc) is 3.87. The molecule has 12 heteroatoms. The van der Waals surface area contributed by atoms with Gasteiger partial charge in [0.15, 0.2) is 0 Å². The van der Waals surface area contributed by atoms with E-state index in [-0.39, 0.29) is 28.6 Å². The maximum atomic E-state index is 15.4. The van der Waals surface area contributed by atoms with Crippen molar-refractivity contribution in [2.75, 3.05) is 36.4 Å². The quantitative estimate of drug-likeness (QED) is 0.202. The Kier molecular flexibility index (Phi) is 9.05. The van der Waals surface area contributed by atoms with E-state index in [2.05, 4.69) is 36.0 Å². The molecule has 2 aliphatic rings. The van der Waals surface area contributed by atoms with Crippen molar-refractivity contribution in [1.82, 2.24) is 19.0 Å². The van der Waals surface area contributed by atoms with Gasteiger partial charge in [0.1, 0.15) is 17.2 Å². The highest BCUT2D eigenvalue weighted by molar-refractivity contribution is 5.93. The summed E-state index contributed by atoms with van der Waals surface area (Å²) in [6, 6.07) is 10.5. The molecule has 0 bridgehead atoms. The molecule has 1 atom stereocenters. The lowest BCUT2D eigenvalue weighted by molar-refractivity contribution is 0.0694. The molecule has 47 heavy (non-hydrogen) atoms. The van der Waals surface area contributed by atoms with Crippen molar-refractivity contribution < 1.29 is 14.3 Å². The lowest BCUT2D eigenvalue weighted by Gasteiger charge is -2.41. The summed E-state index contributed by atoms with van der Waals surface area (Å²) in [5, 5.41) is 12.7. The van der Waals surface area contributed by atoms with Gasteiger partial charge < -0.3 is 19.9 Å². The van der Waals surface area contributed by atoms with Crippen LogP contribution in [0.1, 0.15) is 67.1 Å². The zero-order chi connectivity index (χ0) is 33.4. The molecule has 2 aromatic heterocycles. The summed E-state index contributed by atoms with van der Waals surface area (Å²) < 4.78 is 18.5. The number of nitrogens with zero attached hydrogens (tertiary/aromatic N) is 4. The van der Waals surface area contributed by atoms with E-state index in [1.54, 1.807) is 6.07 Å². The van der Waals surface area contributed by atoms with Crippen LogP contribution in [-0.2, 0) is 13.0 Å². The van der Waals surface area contributed by atoms with Crippen molar-refractivity contribution in [2.24, 2.45) is 0 Å². The number of aryl methyl sites for hydroxylation is 2. The monoisotopic (exact) mass is 644 g/mol. The molecule has 1 saturated heterocycles. The molecular formula is C35H41FN6O5. The van der Waals surface area contributed by atoms with Gasteiger partial charge in [0, 0.05) is 61.6 Å². The molecule has 3 heterocycles. The minimum Gasteiger partial charge on any atom is -0.477 e. The second-order valence-corrected chi connectivity index (χ2v) is 12.8. The van der Waals surface area contributed by atoms with Crippen LogP contribution in [0.2, 0.25) is 0 Å². The normalized spacial score (nSPS) is 16.9. The molecule has 4 aromatic rings. The van der Waals surface area contributed by atoms with Gasteiger partial charge in [0.2, 0.25) is 5.43 Å². The summed E-state index contributed by atoms with van der Waals surface area (Å²) in [5.41, 5.74) is 2.35. The number of aromatic nitrogens is 3. The molecule has 1 aliphatic carbocycles. The van der Waals surface area contributed by atoms with E-state index in [9.17, 15) is 24.3 Å². The summed E-state index contributed by atoms with van der Waals surface area (Å²) in [6.07, 6.45) is 5.49. The van der Waals surface area contributed by atoms with Crippen molar-refractivity contribution >= 4 is 34.1 Å². The molecule has 1 aliphatic heterocycles. The first-order valence-corrected chi connectivity index (χ1v) is 16.4. The Morgan fingerprint density at radius 1 is 1.06 bits per heavy atom. The number of benzene rings is 2. The second-order valence-electron chi connectivity index (χ2n) is 12.8. The molecule has 248 valence electrons. The van der Waals surface area contributed by atoms with Crippen LogP contribution in [-0.4, -0.2) is 62.3 Å². The highest BCUT2D eigenvalue weighted by Crippen LogP contribution is 2.38. The molecule has 2 aromatic carbocycles. The number of halogens is 1. The maximum Gasteiger partial charge on any atom is 0.341 e. The van der Waals surface area contributed by atoms with Crippen LogP contribution in [0.25, 0.3) is 10.9 Å². The van der Waals surface area contributed by atoms with E-state index >= 15 is 4.39 Å². The van der Waals surface area contributed by atoms with E-state index in [0.717, 1.165) is 37.9 Å². The third-order valence-electron chi connectivity index (χ3n) is 9.48. The molecule has 2 fully saturated rings. The van der Waals surface area contributed by atoms with Crippen LogP contribution in [0.5, 0.6) is 0 Å². The fraction of sp³-hybridized carbons (Fsp3) is 0.429. The van der Waals surface area contributed by atoms with Gasteiger partial charge in [0.25, 0.3) is 5.56 Å². The molecular weight excluding hydrogens is 603 g/mol. The third-order valence-corrected chi connectivity index (χ3v) is 9.48. The molecule has 1 saturated carbocycles. The number of nitrogens with one attached hydrogen (secondary N) is 2. The van der Waals surface area contributed by atoms with Crippen LogP contribution in [0.15, 0.2) is 57.0 Å². The number of aromatic amines is 1. The summed E-state index contributed by atoms with van der Waals surface area (Å²) in [5.74, 6) is -1.49. The number of pyridine rings is 1. The predicted molar refractivity (Wildman–Crippen MR) is 181 cm³/mol. The minimum atomic E-state index is -1.31. The fourth-order valence-electron chi connectivity index (χ4n) is 6.62. The molecule has 6 rings (SSSR count). The summed E-state index contributed by atoms with van der Waals surface area (Å²) in [7, 11) is 0. The van der Waals surface area contributed by atoms with E-state index in [1.807, 2.05) is 27.7 Å². The number of carbonyl (C=O) groups is 1. The number of unbranched alkanes of at least 4 members (excludes halogenated alkanes) is 1. The Hall–Kier alpha value is -4.71. The second kappa shape index (κ2) is 13.2. The van der Waals surface area contributed by atoms with E-state index in [4.69, 9.17) is 0 Å². The number of aromatic carboxylic acids is 1. The Morgan fingerprint density at radius 3 is 2.51 bits per heavy atom. The summed E-state index contributed by atoms with van der Waals surface area (Å²) in [6.45, 7) is 9.17. The number of piperazine rings is 1. The number of anilines is 3. The Balaban J connectivity index is 1.06. The van der Waals surface area contributed by atoms with E-state index in [0.29, 0.717) is 49.6 Å². The number of carboxylic acids is 1. The minimum absolute atomic E-state index is 0.0883. The van der Waals surface area contributed by atoms with Crippen LogP contribution < -0.4 is 26.9 Å². The van der Waals surface area contributed by atoms with Gasteiger partial charge in [-0.3, -0.25) is 24.0 Å². The standard InChI is InChI=1S/C35H41FN6O5/c1-4-23-15-24(8-7-21(23)2)37-31-18-32(43)41(35(47)38-31)12-6-5-11-39-13-14-40(19-22(39)3)30-17-29-26(16-28(30)36)33(44)27(34(45)46)20-42(29)25-9-10-25/h7-8,15-18,20,22,25,37H,4-6,9-14,19H2,1-3H3,(H,38,47)(H,45,46)/t22-/m0/s1. The first-order valence-electron chi connectivity index (χ1n) is 16.4. The lowest BCUT2D eigenvalue weighted by Crippen LogP contribution is -2.52. The lowest BCUT2D eigenvalue weighted by atomic mass is 10.1. The molecule has 11 nitrogen and oxygen atoms in total. The van der Waals surface area contributed by atoms with Crippen molar-refractivity contribution in [3.8, 4) is 0 Å². The number of carboxylic acid groups (broad SMARTS) is 1. The third kappa shape index (κ3) is 6.73. The summed E-state index contributed by atoms with van der Waals surface area (Å²) >= 11 is 0. The van der Waals surface area contributed by atoms with Crippen molar-refractivity contribution in [3.63, 3.8) is 0 Å². The Bertz CT molecular complexity index is 1980. The van der Waals surface area contributed by atoms with Crippen molar-refractivity contribution in [2.45, 2.75) is 71.5 Å². The van der Waals surface area contributed by atoms with Crippen LogP contribution in [0, 0.1) is 12.7 Å². The van der Waals surface area contributed by atoms with Crippen LogP contribution >= 0.6 is 0 Å². The number of H-pyrrole nitrogens is 1. The van der Waals surface area contributed by atoms with E-state index in [1.165, 1.54) is 34.0 Å². The van der Waals surface area contributed by atoms with Crippen LogP contribution in [0.4, 0.5) is 21.6 Å². The fourth-order valence-corrected chi connectivity index (χ4v) is 6.62. The zero-order valence-electron chi connectivity index (χ0n) is 27.0. The first-order chi connectivity index (χ1) is 22.5.